The van der Waals surface area contributed by atoms with Crippen molar-refractivity contribution < 1.29 is 0 Å². The average Bonchev–Trinajstić information content (AvgIpc) is 2.44. The minimum atomic E-state index is 0.606. The second kappa shape index (κ2) is 3.04. The van der Waals surface area contributed by atoms with Crippen molar-refractivity contribution in [2.24, 2.45) is 0 Å². The van der Waals surface area contributed by atoms with Crippen LogP contribution in [0.2, 0.25) is 5.15 Å². The largest absolute Gasteiger partial charge is 0.302 e. The van der Waals surface area contributed by atoms with E-state index in [0.29, 0.717) is 5.15 Å². The van der Waals surface area contributed by atoms with Gasteiger partial charge in [-0.05, 0) is 18.6 Å². The van der Waals surface area contributed by atoms with E-state index in [1.807, 2.05) is 25.3 Å². The van der Waals surface area contributed by atoms with Crippen LogP contribution in [0.5, 0.6) is 0 Å². The lowest BCUT2D eigenvalue weighted by atomic mass is 10.2. The maximum absolute atomic E-state index is 6.03. The van der Waals surface area contributed by atoms with Gasteiger partial charge in [-0.2, -0.15) is 0 Å². The van der Waals surface area contributed by atoms with E-state index in [2.05, 4.69) is 16.3 Å². The van der Waals surface area contributed by atoms with Crippen LogP contribution >= 0.6 is 11.6 Å². The summed E-state index contributed by atoms with van der Waals surface area (Å²) in [5, 5.41) is 0.606. The second-order valence-corrected chi connectivity index (χ2v) is 3.44. The molecule has 0 saturated heterocycles. The van der Waals surface area contributed by atoms with E-state index in [-0.39, 0.29) is 0 Å². The van der Waals surface area contributed by atoms with Crippen molar-refractivity contribution in [3.8, 4) is 0 Å². The number of halogens is 1. The van der Waals surface area contributed by atoms with Gasteiger partial charge in [0, 0.05) is 12.6 Å². The van der Waals surface area contributed by atoms with Crippen LogP contribution in [0, 0.1) is 6.92 Å². The van der Waals surface area contributed by atoms with Crippen molar-refractivity contribution in [1.29, 1.82) is 0 Å². The van der Waals surface area contributed by atoms with Crippen LogP contribution in [0.3, 0.4) is 0 Å². The van der Waals surface area contributed by atoms with Gasteiger partial charge in [-0.3, -0.25) is 0 Å². The summed E-state index contributed by atoms with van der Waals surface area (Å²) in [5.74, 6) is 1.02. The molecule has 3 heteroatoms. The molecule has 0 spiro atoms. The van der Waals surface area contributed by atoms with Crippen LogP contribution in [0.4, 0.5) is 0 Å². The molecule has 0 saturated carbocycles. The quantitative estimate of drug-likeness (QED) is 0.683. The first kappa shape index (κ1) is 8.57. The van der Waals surface area contributed by atoms with Gasteiger partial charge in [0.05, 0.1) is 5.52 Å². The zero-order valence-electron chi connectivity index (χ0n) is 7.71. The van der Waals surface area contributed by atoms with E-state index in [4.69, 9.17) is 11.6 Å². The van der Waals surface area contributed by atoms with Crippen LogP contribution < -0.4 is 0 Å². The lowest BCUT2D eigenvalue weighted by Crippen LogP contribution is -1.92. The SMILES string of the molecule is CCc1nc(Cl)c2c(C)cccn12. The van der Waals surface area contributed by atoms with Crippen LogP contribution in [-0.4, -0.2) is 9.38 Å². The Morgan fingerprint density at radius 2 is 2.31 bits per heavy atom. The van der Waals surface area contributed by atoms with Gasteiger partial charge in [0.1, 0.15) is 5.82 Å². The molecule has 2 rings (SSSR count). The van der Waals surface area contributed by atoms with Gasteiger partial charge < -0.3 is 4.40 Å². The number of aromatic nitrogens is 2. The summed E-state index contributed by atoms with van der Waals surface area (Å²) < 4.78 is 2.05. The van der Waals surface area contributed by atoms with E-state index in [9.17, 15) is 0 Å². The minimum absolute atomic E-state index is 0.606. The highest BCUT2D eigenvalue weighted by Crippen LogP contribution is 2.21. The molecule has 0 unspecified atom stereocenters. The molecule has 2 aromatic heterocycles. The van der Waals surface area contributed by atoms with Crippen molar-refractivity contribution in [3.63, 3.8) is 0 Å². The van der Waals surface area contributed by atoms with E-state index in [0.717, 1.165) is 17.8 Å². The summed E-state index contributed by atoms with van der Waals surface area (Å²) in [6, 6.07) is 4.06. The lowest BCUT2D eigenvalue weighted by molar-refractivity contribution is 0.932. The highest BCUT2D eigenvalue weighted by atomic mass is 35.5. The number of hydrogen-bond donors (Lipinski definition) is 0. The molecule has 0 aliphatic rings. The fourth-order valence-corrected chi connectivity index (χ4v) is 1.90. The second-order valence-electron chi connectivity index (χ2n) is 3.08. The number of fused-ring (bicyclic) bond motifs is 1. The summed E-state index contributed by atoms with van der Waals surface area (Å²) >= 11 is 6.03. The van der Waals surface area contributed by atoms with Crippen LogP contribution in [0.15, 0.2) is 18.3 Å². The zero-order chi connectivity index (χ0) is 9.42. The molecule has 0 aliphatic carbocycles. The van der Waals surface area contributed by atoms with Crippen LogP contribution in [-0.2, 0) is 6.42 Å². The van der Waals surface area contributed by atoms with Crippen LogP contribution in [0.25, 0.3) is 5.52 Å². The highest BCUT2D eigenvalue weighted by molar-refractivity contribution is 6.32. The third-order valence-electron chi connectivity index (χ3n) is 2.21. The molecule has 0 fully saturated rings. The highest BCUT2D eigenvalue weighted by Gasteiger charge is 2.08. The molecule has 0 atom stereocenters. The number of aryl methyl sites for hydroxylation is 2. The molecular weight excluding hydrogens is 184 g/mol. The molecule has 0 aliphatic heterocycles. The van der Waals surface area contributed by atoms with E-state index in [1.165, 1.54) is 5.56 Å². The minimum Gasteiger partial charge on any atom is -0.302 e. The Hall–Kier alpha value is -1.02. The Bertz CT molecular complexity index is 445. The summed E-state index contributed by atoms with van der Waals surface area (Å²) in [6.07, 6.45) is 2.90. The standard InChI is InChI=1S/C10H11ClN2/c1-3-8-12-10(11)9-7(2)5-4-6-13(8)9/h4-6H,3H2,1-2H3. The van der Waals surface area contributed by atoms with Gasteiger partial charge in [0.15, 0.2) is 5.15 Å². The normalized spacial score (nSPS) is 11.0. The Labute approximate surface area is 82.2 Å². The topological polar surface area (TPSA) is 17.3 Å². The monoisotopic (exact) mass is 194 g/mol. The Morgan fingerprint density at radius 1 is 1.54 bits per heavy atom. The summed E-state index contributed by atoms with van der Waals surface area (Å²) in [7, 11) is 0. The Morgan fingerprint density at radius 3 is 3.00 bits per heavy atom. The Kier molecular flexibility index (Phi) is 2.00. The molecule has 2 heterocycles. The molecule has 13 heavy (non-hydrogen) atoms. The number of imidazole rings is 1. The molecule has 0 N–H and O–H groups in total. The smallest absolute Gasteiger partial charge is 0.155 e. The summed E-state index contributed by atoms with van der Waals surface area (Å²) in [6.45, 7) is 4.12. The van der Waals surface area contributed by atoms with E-state index >= 15 is 0 Å². The van der Waals surface area contributed by atoms with Gasteiger partial charge in [-0.1, -0.05) is 24.6 Å². The lowest BCUT2D eigenvalue weighted by Gasteiger charge is -1.99. The fourth-order valence-electron chi connectivity index (χ4n) is 1.56. The first-order valence-electron chi connectivity index (χ1n) is 4.36. The maximum atomic E-state index is 6.03. The number of pyridine rings is 1. The molecular formula is C10H11ClN2. The molecule has 0 aromatic carbocycles. The first-order chi connectivity index (χ1) is 6.24. The molecule has 0 radical (unpaired) electrons. The van der Waals surface area contributed by atoms with Gasteiger partial charge in [0.25, 0.3) is 0 Å². The van der Waals surface area contributed by atoms with Gasteiger partial charge in [0.2, 0.25) is 0 Å². The third-order valence-corrected chi connectivity index (χ3v) is 2.48. The van der Waals surface area contributed by atoms with E-state index in [1.54, 1.807) is 0 Å². The van der Waals surface area contributed by atoms with Crippen molar-refractivity contribution >= 4 is 17.1 Å². The van der Waals surface area contributed by atoms with Crippen molar-refractivity contribution in [2.75, 3.05) is 0 Å². The molecule has 68 valence electrons. The first-order valence-corrected chi connectivity index (χ1v) is 4.74. The number of rotatable bonds is 1. The molecule has 0 bridgehead atoms. The third kappa shape index (κ3) is 1.22. The molecule has 0 amide bonds. The predicted octanol–water partition coefficient (Wildman–Crippen LogP) is 2.86. The number of hydrogen-bond acceptors (Lipinski definition) is 1. The maximum Gasteiger partial charge on any atom is 0.155 e. The van der Waals surface area contributed by atoms with Crippen LogP contribution in [0.1, 0.15) is 18.3 Å². The molecule has 2 nitrogen and oxygen atoms in total. The average molecular weight is 195 g/mol. The Balaban J connectivity index is 2.87. The number of nitrogens with zero attached hydrogens (tertiary/aromatic N) is 2. The van der Waals surface area contributed by atoms with Gasteiger partial charge in [-0.15, -0.1) is 0 Å². The van der Waals surface area contributed by atoms with Gasteiger partial charge in [-0.25, -0.2) is 4.98 Å². The van der Waals surface area contributed by atoms with Crippen molar-refractivity contribution in [3.05, 3.63) is 34.9 Å². The van der Waals surface area contributed by atoms with E-state index < -0.39 is 0 Å². The fraction of sp³-hybridized carbons (Fsp3) is 0.300. The van der Waals surface area contributed by atoms with Gasteiger partial charge >= 0.3 is 0 Å². The zero-order valence-corrected chi connectivity index (χ0v) is 8.47. The van der Waals surface area contributed by atoms with Crippen molar-refractivity contribution in [1.82, 2.24) is 9.38 Å². The predicted molar refractivity (Wildman–Crippen MR) is 54.3 cm³/mol. The summed E-state index contributed by atoms with van der Waals surface area (Å²) in [5.41, 5.74) is 2.20. The van der Waals surface area contributed by atoms with Crippen molar-refractivity contribution in [2.45, 2.75) is 20.3 Å². The molecule has 2 aromatic rings. The summed E-state index contributed by atoms with van der Waals surface area (Å²) in [4.78, 5) is 4.30.